The first-order chi connectivity index (χ1) is 13.1. The number of rotatable bonds is 4. The van der Waals surface area contributed by atoms with Crippen LogP contribution in [0.3, 0.4) is 0 Å². The number of nitro benzene ring substituents is 1. The molecule has 3 rings (SSSR count). The van der Waals surface area contributed by atoms with E-state index >= 15 is 0 Å². The zero-order valence-electron chi connectivity index (χ0n) is 14.1. The van der Waals surface area contributed by atoms with Crippen LogP contribution in [-0.4, -0.2) is 20.8 Å². The maximum atomic E-state index is 14.4. The highest BCUT2D eigenvalue weighted by Crippen LogP contribution is 2.29. The first kappa shape index (κ1) is 19.3. The summed E-state index contributed by atoms with van der Waals surface area (Å²) in [5, 5.41) is 10.9. The van der Waals surface area contributed by atoms with Crippen molar-refractivity contribution in [3.63, 3.8) is 0 Å². The van der Waals surface area contributed by atoms with Gasteiger partial charge in [-0.15, -0.1) is 13.2 Å². The number of nitro groups is 1. The standard InChI is InChI=1S/C17H11F4N3O4/c1-9(10-3-2-4-11(7-10)28-17(19,20)21)23-13-6-5-12(24(26)27)15(18)16(13)22-8-14(23)25/h2-9H,1H3. The van der Waals surface area contributed by atoms with Gasteiger partial charge < -0.3 is 4.74 Å². The van der Waals surface area contributed by atoms with Gasteiger partial charge in [-0.3, -0.25) is 19.5 Å². The Morgan fingerprint density at radius 3 is 2.61 bits per heavy atom. The minimum atomic E-state index is -4.88. The summed E-state index contributed by atoms with van der Waals surface area (Å²) in [5.74, 6) is -1.69. The van der Waals surface area contributed by atoms with E-state index in [0.717, 1.165) is 35.0 Å². The largest absolute Gasteiger partial charge is 0.573 e. The van der Waals surface area contributed by atoms with Crippen molar-refractivity contribution >= 4 is 16.7 Å². The highest BCUT2D eigenvalue weighted by molar-refractivity contribution is 5.78. The zero-order valence-corrected chi connectivity index (χ0v) is 14.1. The van der Waals surface area contributed by atoms with Crippen molar-refractivity contribution in [1.29, 1.82) is 0 Å². The van der Waals surface area contributed by atoms with E-state index in [9.17, 15) is 32.5 Å². The molecule has 0 saturated carbocycles. The van der Waals surface area contributed by atoms with Gasteiger partial charge in [-0.25, -0.2) is 4.98 Å². The van der Waals surface area contributed by atoms with Gasteiger partial charge in [0.2, 0.25) is 5.82 Å². The third kappa shape index (κ3) is 3.63. The van der Waals surface area contributed by atoms with Crippen molar-refractivity contribution in [2.45, 2.75) is 19.3 Å². The summed E-state index contributed by atoms with van der Waals surface area (Å²) >= 11 is 0. The lowest BCUT2D eigenvalue weighted by molar-refractivity contribution is -0.387. The highest BCUT2D eigenvalue weighted by atomic mass is 19.4. The molecule has 146 valence electrons. The number of benzene rings is 2. The average Bonchev–Trinajstić information content (AvgIpc) is 2.60. The third-order valence-corrected chi connectivity index (χ3v) is 4.03. The van der Waals surface area contributed by atoms with Crippen molar-refractivity contribution in [3.05, 3.63) is 74.4 Å². The number of halogens is 4. The highest BCUT2D eigenvalue weighted by Gasteiger charge is 2.31. The summed E-state index contributed by atoms with van der Waals surface area (Å²) in [5.41, 5.74) is -1.63. The second-order valence-electron chi connectivity index (χ2n) is 5.79. The number of ether oxygens (including phenoxy) is 1. The van der Waals surface area contributed by atoms with Gasteiger partial charge in [0.25, 0.3) is 5.56 Å². The van der Waals surface area contributed by atoms with Gasteiger partial charge >= 0.3 is 12.0 Å². The van der Waals surface area contributed by atoms with E-state index in [-0.39, 0.29) is 11.1 Å². The van der Waals surface area contributed by atoms with E-state index in [0.29, 0.717) is 0 Å². The van der Waals surface area contributed by atoms with Gasteiger partial charge in [0, 0.05) is 6.07 Å². The summed E-state index contributed by atoms with van der Waals surface area (Å²) in [6, 6.07) is 6.19. The van der Waals surface area contributed by atoms with Crippen molar-refractivity contribution in [2.24, 2.45) is 0 Å². The molecular weight excluding hydrogens is 386 g/mol. The molecule has 0 aliphatic heterocycles. The van der Waals surface area contributed by atoms with Crippen molar-refractivity contribution < 1.29 is 27.2 Å². The van der Waals surface area contributed by atoms with Gasteiger partial charge in [0.15, 0.2) is 0 Å². The summed E-state index contributed by atoms with van der Waals surface area (Å²) in [6.07, 6.45) is -4.09. The fourth-order valence-corrected chi connectivity index (χ4v) is 2.82. The Bertz CT molecular complexity index is 1130. The number of hydrogen-bond donors (Lipinski definition) is 0. The van der Waals surface area contributed by atoms with Crippen molar-refractivity contribution in [2.75, 3.05) is 0 Å². The molecule has 0 bridgehead atoms. The van der Waals surface area contributed by atoms with E-state index in [4.69, 9.17) is 0 Å². The van der Waals surface area contributed by atoms with E-state index in [1.165, 1.54) is 19.1 Å². The van der Waals surface area contributed by atoms with Gasteiger partial charge in [-0.05, 0) is 30.7 Å². The minimum Gasteiger partial charge on any atom is -0.406 e. The topological polar surface area (TPSA) is 87.3 Å². The lowest BCUT2D eigenvalue weighted by atomic mass is 10.1. The SMILES string of the molecule is CC(c1cccc(OC(F)(F)F)c1)n1c(=O)cnc2c(F)c([N+](=O)[O-])ccc21. The van der Waals surface area contributed by atoms with Crippen molar-refractivity contribution in [3.8, 4) is 5.75 Å². The molecule has 0 fully saturated rings. The molecule has 3 aromatic rings. The Hall–Kier alpha value is -3.50. The zero-order chi connectivity index (χ0) is 20.6. The number of aromatic nitrogens is 2. The number of hydrogen-bond acceptors (Lipinski definition) is 5. The minimum absolute atomic E-state index is 0.0368. The Morgan fingerprint density at radius 2 is 1.96 bits per heavy atom. The molecule has 1 aromatic heterocycles. The summed E-state index contributed by atoms with van der Waals surface area (Å²) in [4.78, 5) is 25.9. The maximum Gasteiger partial charge on any atom is 0.573 e. The molecular formula is C17H11F4N3O4. The van der Waals surface area contributed by atoms with Crippen LogP contribution >= 0.6 is 0 Å². The van der Waals surface area contributed by atoms with Crippen LogP contribution in [0.15, 0.2) is 47.4 Å². The molecule has 1 atom stereocenters. The van der Waals surface area contributed by atoms with E-state index < -0.39 is 45.7 Å². The molecule has 0 saturated heterocycles. The molecule has 0 aliphatic carbocycles. The van der Waals surface area contributed by atoms with Crippen LogP contribution in [0.2, 0.25) is 0 Å². The quantitative estimate of drug-likeness (QED) is 0.378. The second-order valence-corrected chi connectivity index (χ2v) is 5.79. The van der Waals surface area contributed by atoms with Crippen molar-refractivity contribution in [1.82, 2.24) is 9.55 Å². The molecule has 11 heteroatoms. The molecule has 28 heavy (non-hydrogen) atoms. The van der Waals surface area contributed by atoms with E-state index in [2.05, 4.69) is 9.72 Å². The average molecular weight is 397 g/mol. The molecule has 0 N–H and O–H groups in total. The van der Waals surface area contributed by atoms with Gasteiger partial charge in [0.1, 0.15) is 11.3 Å². The molecule has 1 heterocycles. The van der Waals surface area contributed by atoms with Gasteiger partial charge in [-0.2, -0.15) is 4.39 Å². The number of nitrogens with zero attached hydrogens (tertiary/aromatic N) is 3. The van der Waals surface area contributed by atoms with E-state index in [1.807, 2.05) is 0 Å². The lowest BCUT2D eigenvalue weighted by Gasteiger charge is -2.19. The van der Waals surface area contributed by atoms with Gasteiger partial charge in [-0.1, -0.05) is 12.1 Å². The van der Waals surface area contributed by atoms with Crippen LogP contribution in [0, 0.1) is 15.9 Å². The van der Waals surface area contributed by atoms with E-state index in [1.54, 1.807) is 0 Å². The molecule has 2 aromatic carbocycles. The Balaban J connectivity index is 2.14. The van der Waals surface area contributed by atoms with Crippen LogP contribution in [0.25, 0.3) is 11.0 Å². The third-order valence-electron chi connectivity index (χ3n) is 4.03. The summed E-state index contributed by atoms with van der Waals surface area (Å²) < 4.78 is 56.6. The molecule has 1 unspecified atom stereocenters. The van der Waals surface area contributed by atoms with Gasteiger partial charge in [0.05, 0.1) is 22.7 Å². The summed E-state index contributed by atoms with van der Waals surface area (Å²) in [7, 11) is 0. The first-order valence-corrected chi connectivity index (χ1v) is 7.78. The molecule has 7 nitrogen and oxygen atoms in total. The fraction of sp³-hybridized carbons (Fsp3) is 0.176. The molecule has 0 spiro atoms. The first-order valence-electron chi connectivity index (χ1n) is 7.78. The van der Waals surface area contributed by atoms with Crippen LogP contribution in [0.4, 0.5) is 23.2 Å². The predicted octanol–water partition coefficient (Wildman–Crippen LogP) is 3.95. The summed E-state index contributed by atoms with van der Waals surface area (Å²) in [6.45, 7) is 1.51. The maximum absolute atomic E-state index is 14.4. The second kappa shape index (κ2) is 6.91. The van der Waals surface area contributed by atoms with Crippen LogP contribution in [0.5, 0.6) is 5.75 Å². The van der Waals surface area contributed by atoms with Crippen LogP contribution < -0.4 is 10.3 Å². The lowest BCUT2D eigenvalue weighted by Crippen LogP contribution is -2.25. The van der Waals surface area contributed by atoms with Crippen LogP contribution in [-0.2, 0) is 0 Å². The monoisotopic (exact) mass is 397 g/mol. The Kier molecular flexibility index (Phi) is 4.75. The van der Waals surface area contributed by atoms with Crippen LogP contribution in [0.1, 0.15) is 18.5 Å². The Morgan fingerprint density at radius 1 is 1.25 bits per heavy atom. The fourth-order valence-electron chi connectivity index (χ4n) is 2.82. The normalized spacial score (nSPS) is 12.8. The molecule has 0 radical (unpaired) electrons. The number of alkyl halides is 3. The predicted molar refractivity (Wildman–Crippen MR) is 89.6 cm³/mol. The Labute approximate surface area is 154 Å². The number of fused-ring (bicyclic) bond motifs is 1. The molecule has 0 aliphatic rings. The molecule has 0 amide bonds. The smallest absolute Gasteiger partial charge is 0.406 e.